The first kappa shape index (κ1) is 15.7. The standard InChI is InChI=1S/C14H12ClF2NO2S/c1-8-3-6-13(9(2)14(8)17)21(19,20)18-10-4-5-12(16)11(15)7-10/h3-7,18H,1-2H3. The summed E-state index contributed by atoms with van der Waals surface area (Å²) < 4.78 is 53.7. The van der Waals surface area contributed by atoms with Crippen molar-refractivity contribution in [2.24, 2.45) is 0 Å². The van der Waals surface area contributed by atoms with E-state index in [1.54, 1.807) is 6.92 Å². The Balaban J connectivity index is 2.43. The first-order chi connectivity index (χ1) is 9.72. The summed E-state index contributed by atoms with van der Waals surface area (Å²) in [6.45, 7) is 2.93. The van der Waals surface area contributed by atoms with Crippen LogP contribution in [0.25, 0.3) is 0 Å². The summed E-state index contributed by atoms with van der Waals surface area (Å²) in [7, 11) is -3.98. The van der Waals surface area contributed by atoms with E-state index in [1.165, 1.54) is 25.1 Å². The van der Waals surface area contributed by atoms with Gasteiger partial charge in [0.1, 0.15) is 11.6 Å². The molecule has 21 heavy (non-hydrogen) atoms. The number of hydrogen-bond acceptors (Lipinski definition) is 2. The average Bonchev–Trinajstić information content (AvgIpc) is 2.39. The predicted octanol–water partition coefficient (Wildman–Crippen LogP) is 4.04. The van der Waals surface area contributed by atoms with Crippen LogP contribution in [0.15, 0.2) is 35.2 Å². The van der Waals surface area contributed by atoms with Gasteiger partial charge >= 0.3 is 0 Å². The molecule has 0 amide bonds. The van der Waals surface area contributed by atoms with E-state index in [4.69, 9.17) is 11.6 Å². The molecule has 2 rings (SSSR count). The van der Waals surface area contributed by atoms with Gasteiger partial charge in [-0.2, -0.15) is 0 Å². The molecule has 7 heteroatoms. The SMILES string of the molecule is Cc1ccc(S(=O)(=O)Nc2ccc(F)c(Cl)c2)c(C)c1F. The lowest BCUT2D eigenvalue weighted by Crippen LogP contribution is -2.15. The minimum absolute atomic E-state index is 0.0238. The van der Waals surface area contributed by atoms with E-state index in [-0.39, 0.29) is 21.2 Å². The van der Waals surface area contributed by atoms with Crippen molar-refractivity contribution in [2.45, 2.75) is 18.7 Å². The summed E-state index contributed by atoms with van der Waals surface area (Å²) in [4.78, 5) is -0.175. The molecule has 2 aromatic rings. The van der Waals surface area contributed by atoms with E-state index < -0.39 is 21.7 Å². The zero-order valence-corrected chi connectivity index (χ0v) is 12.8. The maximum absolute atomic E-state index is 13.8. The first-order valence-electron chi connectivity index (χ1n) is 5.96. The molecule has 0 heterocycles. The number of rotatable bonds is 3. The zero-order valence-electron chi connectivity index (χ0n) is 11.2. The van der Waals surface area contributed by atoms with Gasteiger partial charge in [-0.05, 0) is 43.7 Å². The Morgan fingerprint density at radius 1 is 1.10 bits per heavy atom. The third-order valence-corrected chi connectivity index (χ3v) is 4.81. The molecule has 0 aromatic heterocycles. The van der Waals surface area contributed by atoms with E-state index >= 15 is 0 Å². The molecular formula is C14H12ClF2NO2S. The van der Waals surface area contributed by atoms with E-state index in [9.17, 15) is 17.2 Å². The van der Waals surface area contributed by atoms with Crippen LogP contribution in [0.1, 0.15) is 11.1 Å². The molecular weight excluding hydrogens is 320 g/mol. The summed E-state index contributed by atoms with van der Waals surface area (Å²) >= 11 is 5.60. The number of halogens is 3. The fourth-order valence-electron chi connectivity index (χ4n) is 1.86. The molecule has 0 saturated carbocycles. The molecule has 112 valence electrons. The Hall–Kier alpha value is -1.66. The van der Waals surface area contributed by atoms with Crippen molar-refractivity contribution in [3.05, 3.63) is 58.1 Å². The molecule has 0 fully saturated rings. The largest absolute Gasteiger partial charge is 0.280 e. The van der Waals surface area contributed by atoms with Crippen LogP contribution in [0.2, 0.25) is 5.02 Å². The Labute approximate surface area is 126 Å². The number of nitrogens with one attached hydrogen (secondary N) is 1. The molecule has 0 unspecified atom stereocenters. The van der Waals surface area contributed by atoms with Gasteiger partial charge in [0, 0.05) is 5.56 Å². The topological polar surface area (TPSA) is 46.2 Å². The van der Waals surface area contributed by atoms with Crippen molar-refractivity contribution in [3.8, 4) is 0 Å². The highest BCUT2D eigenvalue weighted by Gasteiger charge is 2.20. The number of anilines is 1. The van der Waals surface area contributed by atoms with Crippen LogP contribution in [0.5, 0.6) is 0 Å². The van der Waals surface area contributed by atoms with Gasteiger partial charge in [-0.1, -0.05) is 17.7 Å². The Bertz CT molecular complexity index is 807. The lowest BCUT2D eigenvalue weighted by atomic mass is 10.1. The molecule has 0 aliphatic heterocycles. The smallest absolute Gasteiger partial charge is 0.262 e. The minimum Gasteiger partial charge on any atom is -0.280 e. The molecule has 0 spiro atoms. The van der Waals surface area contributed by atoms with E-state index in [0.29, 0.717) is 5.56 Å². The van der Waals surface area contributed by atoms with Crippen molar-refractivity contribution in [3.63, 3.8) is 0 Å². The van der Waals surface area contributed by atoms with Crippen molar-refractivity contribution in [1.29, 1.82) is 0 Å². The normalized spacial score (nSPS) is 11.5. The third-order valence-electron chi connectivity index (χ3n) is 2.99. The third kappa shape index (κ3) is 3.16. The molecule has 0 saturated heterocycles. The highest BCUT2D eigenvalue weighted by Crippen LogP contribution is 2.25. The second kappa shape index (κ2) is 5.61. The van der Waals surface area contributed by atoms with Gasteiger partial charge in [0.15, 0.2) is 0 Å². The molecule has 1 N–H and O–H groups in total. The molecule has 3 nitrogen and oxygen atoms in total. The van der Waals surface area contributed by atoms with Crippen molar-refractivity contribution < 1.29 is 17.2 Å². The lowest BCUT2D eigenvalue weighted by Gasteiger charge is -2.12. The van der Waals surface area contributed by atoms with Gasteiger partial charge < -0.3 is 0 Å². The number of sulfonamides is 1. The molecule has 0 radical (unpaired) electrons. The van der Waals surface area contributed by atoms with Crippen LogP contribution in [-0.2, 0) is 10.0 Å². The van der Waals surface area contributed by atoms with Crippen molar-refractivity contribution >= 4 is 27.3 Å². The first-order valence-corrected chi connectivity index (χ1v) is 7.82. The van der Waals surface area contributed by atoms with Crippen LogP contribution < -0.4 is 4.72 Å². The van der Waals surface area contributed by atoms with Crippen molar-refractivity contribution in [1.82, 2.24) is 0 Å². The van der Waals surface area contributed by atoms with Crippen LogP contribution in [0, 0.1) is 25.5 Å². The second-order valence-electron chi connectivity index (χ2n) is 4.55. The molecule has 0 atom stereocenters. The van der Waals surface area contributed by atoms with Gasteiger partial charge in [-0.15, -0.1) is 0 Å². The average molecular weight is 332 g/mol. The summed E-state index contributed by atoms with van der Waals surface area (Å²) in [5, 5.41) is -0.206. The maximum atomic E-state index is 13.8. The van der Waals surface area contributed by atoms with Gasteiger partial charge in [-0.3, -0.25) is 4.72 Å². The predicted molar refractivity (Wildman–Crippen MR) is 78.1 cm³/mol. The zero-order chi connectivity index (χ0) is 15.8. The molecule has 2 aromatic carbocycles. The van der Waals surface area contributed by atoms with E-state index in [0.717, 1.165) is 12.1 Å². The fourth-order valence-corrected chi connectivity index (χ4v) is 3.33. The summed E-state index contributed by atoms with van der Waals surface area (Å²) in [5.74, 6) is -1.23. The van der Waals surface area contributed by atoms with E-state index in [1.807, 2.05) is 0 Å². The number of aryl methyl sites for hydroxylation is 1. The molecule has 0 bridgehead atoms. The molecule has 0 aliphatic carbocycles. The maximum Gasteiger partial charge on any atom is 0.262 e. The fraction of sp³-hybridized carbons (Fsp3) is 0.143. The Kier molecular flexibility index (Phi) is 4.20. The van der Waals surface area contributed by atoms with Crippen LogP contribution >= 0.6 is 11.6 Å². The molecule has 0 aliphatic rings. The summed E-state index contributed by atoms with van der Waals surface area (Å²) in [6, 6.07) is 6.13. The van der Waals surface area contributed by atoms with Crippen LogP contribution in [-0.4, -0.2) is 8.42 Å². The Morgan fingerprint density at radius 3 is 2.38 bits per heavy atom. The van der Waals surface area contributed by atoms with Gasteiger partial charge in [0.05, 0.1) is 15.6 Å². The van der Waals surface area contributed by atoms with Gasteiger partial charge in [-0.25, -0.2) is 17.2 Å². The van der Waals surface area contributed by atoms with Crippen LogP contribution in [0.4, 0.5) is 14.5 Å². The second-order valence-corrected chi connectivity index (χ2v) is 6.61. The number of benzene rings is 2. The lowest BCUT2D eigenvalue weighted by molar-refractivity contribution is 0.587. The number of hydrogen-bond donors (Lipinski definition) is 1. The summed E-state index contributed by atoms with van der Waals surface area (Å²) in [6.07, 6.45) is 0. The van der Waals surface area contributed by atoms with Gasteiger partial charge in [0.2, 0.25) is 0 Å². The summed E-state index contributed by atoms with van der Waals surface area (Å²) in [5.41, 5.74) is 0.480. The monoisotopic (exact) mass is 331 g/mol. The van der Waals surface area contributed by atoms with E-state index in [2.05, 4.69) is 4.72 Å². The quantitative estimate of drug-likeness (QED) is 0.922. The highest BCUT2D eigenvalue weighted by atomic mass is 35.5. The van der Waals surface area contributed by atoms with Crippen LogP contribution in [0.3, 0.4) is 0 Å². The van der Waals surface area contributed by atoms with Gasteiger partial charge in [0.25, 0.3) is 10.0 Å². The van der Waals surface area contributed by atoms with Crippen molar-refractivity contribution in [2.75, 3.05) is 4.72 Å². The minimum atomic E-state index is -3.98. The highest BCUT2D eigenvalue weighted by molar-refractivity contribution is 7.92. The Morgan fingerprint density at radius 2 is 1.76 bits per heavy atom.